The number of ether oxygens (including phenoxy) is 1. The summed E-state index contributed by atoms with van der Waals surface area (Å²) in [4.78, 5) is 34.9. The SMILES string of the molecule is O=C(CCCCCCCCCOc1ccccc1)CC(=O)c1ccc(C(=O)O)cc1. The van der Waals surface area contributed by atoms with Crippen molar-refractivity contribution in [2.24, 2.45) is 0 Å². The second-order valence-corrected chi connectivity index (χ2v) is 7.41. The first-order chi connectivity index (χ1) is 14.6. The molecule has 0 unspecified atom stereocenters. The molecule has 0 aliphatic carbocycles. The van der Waals surface area contributed by atoms with Gasteiger partial charge in [0.2, 0.25) is 0 Å². The van der Waals surface area contributed by atoms with Crippen molar-refractivity contribution in [2.75, 3.05) is 6.61 Å². The summed E-state index contributed by atoms with van der Waals surface area (Å²) in [6.45, 7) is 0.742. The molecule has 0 saturated carbocycles. The third kappa shape index (κ3) is 9.03. The number of hydrogen-bond donors (Lipinski definition) is 1. The summed E-state index contributed by atoms with van der Waals surface area (Å²) in [6.07, 6.45) is 7.69. The lowest BCUT2D eigenvalue weighted by Crippen LogP contribution is -2.08. The van der Waals surface area contributed by atoms with Crippen molar-refractivity contribution in [3.05, 3.63) is 65.7 Å². The summed E-state index contributed by atoms with van der Waals surface area (Å²) in [7, 11) is 0. The second-order valence-electron chi connectivity index (χ2n) is 7.41. The van der Waals surface area contributed by atoms with Gasteiger partial charge in [-0.1, -0.05) is 62.4 Å². The van der Waals surface area contributed by atoms with E-state index in [4.69, 9.17) is 9.84 Å². The number of carboxylic acids is 1. The van der Waals surface area contributed by atoms with Gasteiger partial charge in [0.1, 0.15) is 11.5 Å². The summed E-state index contributed by atoms with van der Waals surface area (Å²) >= 11 is 0. The van der Waals surface area contributed by atoms with Crippen LogP contribution in [0.15, 0.2) is 54.6 Å². The topological polar surface area (TPSA) is 80.7 Å². The summed E-state index contributed by atoms with van der Waals surface area (Å²) < 4.78 is 5.67. The Bertz CT molecular complexity index is 796. The predicted molar refractivity (Wildman–Crippen MR) is 116 cm³/mol. The predicted octanol–water partition coefficient (Wildman–Crippen LogP) is 5.73. The fraction of sp³-hybridized carbons (Fsp3) is 0.400. The molecule has 0 aliphatic rings. The molecule has 0 saturated heterocycles. The average molecular weight is 411 g/mol. The van der Waals surface area contributed by atoms with Gasteiger partial charge in [-0.25, -0.2) is 4.79 Å². The zero-order valence-electron chi connectivity index (χ0n) is 17.3. The monoisotopic (exact) mass is 410 g/mol. The zero-order valence-corrected chi connectivity index (χ0v) is 17.3. The minimum absolute atomic E-state index is 0.0552. The van der Waals surface area contributed by atoms with Crippen LogP contribution in [0.1, 0.15) is 78.5 Å². The number of rotatable bonds is 15. The number of unbranched alkanes of at least 4 members (excludes halogenated alkanes) is 6. The fourth-order valence-corrected chi connectivity index (χ4v) is 3.18. The fourth-order valence-electron chi connectivity index (χ4n) is 3.18. The number of carbonyl (C=O) groups is 3. The molecule has 30 heavy (non-hydrogen) atoms. The molecule has 5 heteroatoms. The van der Waals surface area contributed by atoms with Crippen molar-refractivity contribution in [2.45, 2.75) is 57.8 Å². The van der Waals surface area contributed by atoms with Gasteiger partial charge in [0, 0.05) is 12.0 Å². The minimum Gasteiger partial charge on any atom is -0.494 e. The van der Waals surface area contributed by atoms with Crippen molar-refractivity contribution < 1.29 is 24.2 Å². The number of ketones is 2. The van der Waals surface area contributed by atoms with Crippen molar-refractivity contribution in [3.8, 4) is 5.75 Å². The van der Waals surface area contributed by atoms with Gasteiger partial charge in [0.05, 0.1) is 18.6 Å². The average Bonchev–Trinajstić information content (AvgIpc) is 2.75. The third-order valence-corrected chi connectivity index (χ3v) is 4.92. The maximum absolute atomic E-state index is 12.1. The Kier molecular flexibility index (Phi) is 10.3. The van der Waals surface area contributed by atoms with Crippen LogP contribution < -0.4 is 4.74 Å². The molecule has 0 spiro atoms. The first kappa shape index (κ1) is 23.3. The molecule has 2 aromatic carbocycles. The summed E-state index contributed by atoms with van der Waals surface area (Å²) in [6, 6.07) is 15.5. The molecule has 0 atom stereocenters. The van der Waals surface area contributed by atoms with E-state index in [9.17, 15) is 14.4 Å². The lowest BCUT2D eigenvalue weighted by Gasteiger charge is -2.06. The van der Waals surface area contributed by atoms with Gasteiger partial charge in [-0.15, -0.1) is 0 Å². The molecular formula is C25H30O5. The van der Waals surface area contributed by atoms with Crippen molar-refractivity contribution in [3.63, 3.8) is 0 Å². The Morgan fingerprint density at radius 1 is 0.700 bits per heavy atom. The molecular weight excluding hydrogens is 380 g/mol. The maximum atomic E-state index is 12.1. The highest BCUT2D eigenvalue weighted by atomic mass is 16.5. The van der Waals surface area contributed by atoms with Crippen LogP contribution in [0.2, 0.25) is 0 Å². The van der Waals surface area contributed by atoms with Gasteiger partial charge < -0.3 is 9.84 Å². The molecule has 2 rings (SSSR count). The normalized spacial score (nSPS) is 10.5. The van der Waals surface area contributed by atoms with Gasteiger partial charge in [-0.05, 0) is 37.1 Å². The molecule has 0 amide bonds. The highest BCUT2D eigenvalue weighted by molar-refractivity contribution is 6.08. The maximum Gasteiger partial charge on any atom is 0.335 e. The van der Waals surface area contributed by atoms with E-state index in [1.54, 1.807) is 0 Å². The van der Waals surface area contributed by atoms with Crippen LogP contribution in [0.5, 0.6) is 5.75 Å². The van der Waals surface area contributed by atoms with Crippen molar-refractivity contribution in [1.29, 1.82) is 0 Å². The number of para-hydroxylation sites is 1. The Hall–Kier alpha value is -2.95. The van der Waals surface area contributed by atoms with Gasteiger partial charge in [0.25, 0.3) is 0 Å². The van der Waals surface area contributed by atoms with Crippen LogP contribution in [0.3, 0.4) is 0 Å². The number of carboxylic acid groups (broad SMARTS) is 1. The Morgan fingerprint density at radius 2 is 1.27 bits per heavy atom. The van der Waals surface area contributed by atoms with E-state index in [0.717, 1.165) is 57.3 Å². The van der Waals surface area contributed by atoms with Gasteiger partial charge in [0.15, 0.2) is 5.78 Å². The van der Waals surface area contributed by atoms with E-state index in [-0.39, 0.29) is 23.6 Å². The van der Waals surface area contributed by atoms with Crippen LogP contribution in [0.4, 0.5) is 0 Å². The number of Topliss-reactive ketones (excluding diaryl/α,β-unsaturated/α-hetero) is 2. The number of hydrogen-bond acceptors (Lipinski definition) is 4. The quantitative estimate of drug-likeness (QED) is 0.230. The van der Waals surface area contributed by atoms with E-state index < -0.39 is 5.97 Å². The molecule has 5 nitrogen and oxygen atoms in total. The van der Waals surface area contributed by atoms with E-state index in [1.165, 1.54) is 24.3 Å². The second kappa shape index (κ2) is 13.3. The smallest absolute Gasteiger partial charge is 0.335 e. The highest BCUT2D eigenvalue weighted by Gasteiger charge is 2.12. The van der Waals surface area contributed by atoms with Crippen LogP contribution in [0.25, 0.3) is 0 Å². The first-order valence-electron chi connectivity index (χ1n) is 10.6. The van der Waals surface area contributed by atoms with Crippen molar-refractivity contribution >= 4 is 17.5 Å². The third-order valence-electron chi connectivity index (χ3n) is 4.92. The summed E-state index contributed by atoms with van der Waals surface area (Å²) in [5.74, 6) is -0.432. The Morgan fingerprint density at radius 3 is 1.90 bits per heavy atom. The number of carbonyl (C=O) groups excluding carboxylic acids is 2. The van der Waals surface area contributed by atoms with E-state index >= 15 is 0 Å². The molecule has 0 radical (unpaired) electrons. The van der Waals surface area contributed by atoms with Gasteiger partial charge >= 0.3 is 5.97 Å². The van der Waals surface area contributed by atoms with Crippen LogP contribution in [-0.4, -0.2) is 29.2 Å². The molecule has 0 aliphatic heterocycles. The van der Waals surface area contributed by atoms with Gasteiger partial charge in [-0.2, -0.15) is 0 Å². The lowest BCUT2D eigenvalue weighted by atomic mass is 10.0. The highest BCUT2D eigenvalue weighted by Crippen LogP contribution is 2.13. The first-order valence-corrected chi connectivity index (χ1v) is 10.6. The lowest BCUT2D eigenvalue weighted by molar-refractivity contribution is -0.118. The van der Waals surface area contributed by atoms with E-state index in [1.807, 2.05) is 30.3 Å². The summed E-state index contributed by atoms with van der Waals surface area (Å²) in [5, 5.41) is 8.87. The summed E-state index contributed by atoms with van der Waals surface area (Å²) in [5.41, 5.74) is 0.506. The molecule has 1 N–H and O–H groups in total. The standard InChI is InChI=1S/C25H30O5/c26-22(19-24(27)20-14-16-21(17-15-20)25(28)29)11-7-4-2-1-3-5-10-18-30-23-12-8-6-9-13-23/h6,8-9,12-17H,1-5,7,10-11,18-19H2,(H,28,29). The number of aromatic carboxylic acids is 1. The minimum atomic E-state index is -1.04. The van der Waals surface area contributed by atoms with Crippen LogP contribution in [-0.2, 0) is 4.79 Å². The van der Waals surface area contributed by atoms with Crippen molar-refractivity contribution in [1.82, 2.24) is 0 Å². The van der Waals surface area contributed by atoms with Gasteiger partial charge in [-0.3, -0.25) is 9.59 Å². The molecule has 0 bridgehead atoms. The van der Waals surface area contributed by atoms with Crippen LogP contribution >= 0.6 is 0 Å². The zero-order chi connectivity index (χ0) is 21.6. The van der Waals surface area contributed by atoms with E-state index in [2.05, 4.69) is 0 Å². The molecule has 0 aromatic heterocycles. The number of benzene rings is 2. The van der Waals surface area contributed by atoms with Crippen LogP contribution in [0, 0.1) is 0 Å². The van der Waals surface area contributed by atoms with E-state index in [0.29, 0.717) is 12.0 Å². The Labute approximate surface area is 178 Å². The molecule has 160 valence electrons. The molecule has 2 aromatic rings. The molecule has 0 heterocycles. The Balaban J connectivity index is 1.47. The largest absolute Gasteiger partial charge is 0.494 e. The molecule has 0 fully saturated rings.